The van der Waals surface area contributed by atoms with Gasteiger partial charge in [-0.15, -0.1) is 0 Å². The van der Waals surface area contributed by atoms with E-state index in [1.807, 2.05) is 33.0 Å². The number of hydrogen-bond acceptors (Lipinski definition) is 3. The third-order valence-corrected chi connectivity index (χ3v) is 2.83. The van der Waals surface area contributed by atoms with E-state index >= 15 is 0 Å². The molecular formula is C16H21N3O. The molecule has 0 radical (unpaired) electrons. The van der Waals surface area contributed by atoms with Crippen LogP contribution >= 0.6 is 0 Å². The topological polar surface area (TPSA) is 54.0 Å². The normalized spacial score (nSPS) is 11.6. The Balaban J connectivity index is 1.88. The highest BCUT2D eigenvalue weighted by molar-refractivity contribution is 5.82. The predicted octanol–water partition coefficient (Wildman–Crippen LogP) is 2.24. The number of amides is 1. The molecule has 0 aliphatic carbocycles. The van der Waals surface area contributed by atoms with Gasteiger partial charge in [0.25, 0.3) is 0 Å². The molecule has 1 amide bonds. The van der Waals surface area contributed by atoms with Gasteiger partial charge in [0.1, 0.15) is 0 Å². The third kappa shape index (κ3) is 4.31. The summed E-state index contributed by atoms with van der Waals surface area (Å²) in [6.07, 6.45) is 3.64. The van der Waals surface area contributed by atoms with E-state index in [-0.39, 0.29) is 11.4 Å². The first kappa shape index (κ1) is 14.5. The highest BCUT2D eigenvalue weighted by Gasteiger charge is 2.12. The van der Waals surface area contributed by atoms with Crippen LogP contribution in [0.25, 0.3) is 10.8 Å². The number of pyridine rings is 1. The first-order chi connectivity index (χ1) is 9.44. The molecule has 1 aromatic carbocycles. The summed E-state index contributed by atoms with van der Waals surface area (Å²) in [6.45, 7) is 6.92. The van der Waals surface area contributed by atoms with E-state index in [4.69, 9.17) is 0 Å². The highest BCUT2D eigenvalue weighted by Crippen LogP contribution is 2.14. The average Bonchev–Trinajstić information content (AvgIpc) is 2.36. The van der Waals surface area contributed by atoms with Gasteiger partial charge in [0.15, 0.2) is 0 Å². The monoisotopic (exact) mass is 271 g/mol. The molecule has 4 nitrogen and oxygen atoms in total. The van der Waals surface area contributed by atoms with Crippen LogP contribution in [0.15, 0.2) is 36.7 Å². The van der Waals surface area contributed by atoms with Crippen molar-refractivity contribution in [2.45, 2.75) is 32.9 Å². The minimum absolute atomic E-state index is 0.0162. The molecule has 2 aromatic rings. The van der Waals surface area contributed by atoms with Crippen LogP contribution in [0.3, 0.4) is 0 Å². The average molecular weight is 271 g/mol. The van der Waals surface area contributed by atoms with Crippen LogP contribution in [0.1, 0.15) is 26.3 Å². The van der Waals surface area contributed by atoms with Gasteiger partial charge >= 0.3 is 0 Å². The lowest BCUT2D eigenvalue weighted by molar-refractivity contribution is -0.121. The van der Waals surface area contributed by atoms with Crippen LogP contribution in [0.5, 0.6) is 0 Å². The summed E-state index contributed by atoms with van der Waals surface area (Å²) < 4.78 is 0. The van der Waals surface area contributed by atoms with Crippen molar-refractivity contribution < 1.29 is 4.79 Å². The molecule has 2 rings (SSSR count). The number of nitrogens with one attached hydrogen (secondary N) is 2. The molecule has 0 bridgehead atoms. The van der Waals surface area contributed by atoms with Gasteiger partial charge in [-0.1, -0.05) is 12.1 Å². The van der Waals surface area contributed by atoms with Gasteiger partial charge in [-0.3, -0.25) is 9.78 Å². The van der Waals surface area contributed by atoms with Crippen LogP contribution in [0.4, 0.5) is 0 Å². The highest BCUT2D eigenvalue weighted by atomic mass is 16.2. The van der Waals surface area contributed by atoms with Crippen molar-refractivity contribution in [3.8, 4) is 0 Å². The number of fused-ring (bicyclic) bond motifs is 1. The van der Waals surface area contributed by atoms with E-state index in [1.165, 1.54) is 5.39 Å². The van der Waals surface area contributed by atoms with Crippen LogP contribution < -0.4 is 10.6 Å². The molecule has 0 spiro atoms. The van der Waals surface area contributed by atoms with Crippen molar-refractivity contribution in [2.24, 2.45) is 0 Å². The third-order valence-electron chi connectivity index (χ3n) is 2.83. The summed E-state index contributed by atoms with van der Waals surface area (Å²) in [6, 6.07) is 8.21. The van der Waals surface area contributed by atoms with Crippen LogP contribution in [0.2, 0.25) is 0 Å². The summed E-state index contributed by atoms with van der Waals surface area (Å²) in [4.78, 5) is 15.8. The minimum atomic E-state index is -0.186. The second-order valence-corrected chi connectivity index (χ2v) is 5.96. The molecule has 106 valence electrons. The predicted molar refractivity (Wildman–Crippen MR) is 81.3 cm³/mol. The molecule has 1 aromatic heterocycles. The molecule has 0 saturated carbocycles. The Labute approximate surface area is 119 Å². The SMILES string of the molecule is CC(C)(C)NC(=O)CNCc1ccc2cnccc2c1. The van der Waals surface area contributed by atoms with Crippen molar-refractivity contribution in [2.75, 3.05) is 6.54 Å². The molecular weight excluding hydrogens is 250 g/mol. The summed E-state index contributed by atoms with van der Waals surface area (Å²) in [7, 11) is 0. The first-order valence-corrected chi connectivity index (χ1v) is 6.78. The molecule has 0 saturated heterocycles. The van der Waals surface area contributed by atoms with Gasteiger partial charge < -0.3 is 10.6 Å². The number of carbonyl (C=O) groups excluding carboxylic acids is 1. The van der Waals surface area contributed by atoms with Crippen molar-refractivity contribution in [1.82, 2.24) is 15.6 Å². The molecule has 0 fully saturated rings. The smallest absolute Gasteiger partial charge is 0.234 e. The van der Waals surface area contributed by atoms with Gasteiger partial charge in [0, 0.05) is 29.9 Å². The van der Waals surface area contributed by atoms with Crippen molar-refractivity contribution in [1.29, 1.82) is 0 Å². The van der Waals surface area contributed by atoms with E-state index in [0.29, 0.717) is 13.1 Å². The second-order valence-electron chi connectivity index (χ2n) is 5.96. The lowest BCUT2D eigenvalue weighted by atomic mass is 10.1. The number of nitrogens with zero attached hydrogens (tertiary/aromatic N) is 1. The van der Waals surface area contributed by atoms with E-state index in [0.717, 1.165) is 10.9 Å². The molecule has 4 heteroatoms. The van der Waals surface area contributed by atoms with Crippen LogP contribution in [-0.2, 0) is 11.3 Å². The van der Waals surface area contributed by atoms with Gasteiger partial charge in [0.05, 0.1) is 6.54 Å². The van der Waals surface area contributed by atoms with Crippen molar-refractivity contribution in [3.05, 3.63) is 42.2 Å². The minimum Gasteiger partial charge on any atom is -0.350 e. The largest absolute Gasteiger partial charge is 0.350 e. The standard InChI is InChI=1S/C16H21N3O/c1-16(2,3)19-15(20)11-18-9-12-4-5-14-10-17-7-6-13(14)8-12/h4-8,10,18H,9,11H2,1-3H3,(H,19,20). The lowest BCUT2D eigenvalue weighted by Crippen LogP contribution is -2.44. The molecule has 0 aliphatic heterocycles. The number of aromatic nitrogens is 1. The first-order valence-electron chi connectivity index (χ1n) is 6.78. The Morgan fingerprint density at radius 2 is 2.00 bits per heavy atom. The van der Waals surface area contributed by atoms with E-state index < -0.39 is 0 Å². The molecule has 20 heavy (non-hydrogen) atoms. The molecule has 0 unspecified atom stereocenters. The molecule has 0 aliphatic rings. The molecule has 0 atom stereocenters. The Bertz CT molecular complexity index is 602. The zero-order valence-corrected chi connectivity index (χ0v) is 12.2. The summed E-state index contributed by atoms with van der Waals surface area (Å²) in [5.74, 6) is 0.0162. The van der Waals surface area contributed by atoms with E-state index in [2.05, 4.69) is 33.8 Å². The zero-order chi connectivity index (χ0) is 14.6. The fraction of sp³-hybridized carbons (Fsp3) is 0.375. The number of benzene rings is 1. The van der Waals surface area contributed by atoms with Crippen LogP contribution in [0, 0.1) is 0 Å². The van der Waals surface area contributed by atoms with E-state index in [9.17, 15) is 4.79 Å². The fourth-order valence-corrected chi connectivity index (χ4v) is 2.03. The summed E-state index contributed by atoms with van der Waals surface area (Å²) in [5, 5.41) is 8.38. The second kappa shape index (κ2) is 6.01. The molecule has 2 N–H and O–H groups in total. The number of hydrogen-bond donors (Lipinski definition) is 2. The maximum Gasteiger partial charge on any atom is 0.234 e. The summed E-state index contributed by atoms with van der Waals surface area (Å²) in [5.41, 5.74) is 0.974. The van der Waals surface area contributed by atoms with Gasteiger partial charge in [-0.25, -0.2) is 0 Å². The quantitative estimate of drug-likeness (QED) is 0.896. The molecule has 1 heterocycles. The van der Waals surface area contributed by atoms with Crippen molar-refractivity contribution >= 4 is 16.7 Å². The van der Waals surface area contributed by atoms with E-state index in [1.54, 1.807) is 6.20 Å². The Kier molecular flexibility index (Phi) is 4.35. The Morgan fingerprint density at radius 3 is 2.75 bits per heavy atom. The Morgan fingerprint density at radius 1 is 1.20 bits per heavy atom. The fourth-order valence-electron chi connectivity index (χ4n) is 2.03. The lowest BCUT2D eigenvalue weighted by Gasteiger charge is -2.20. The Hall–Kier alpha value is -1.94. The number of rotatable bonds is 4. The maximum absolute atomic E-state index is 11.7. The van der Waals surface area contributed by atoms with Gasteiger partial charge in [-0.2, -0.15) is 0 Å². The van der Waals surface area contributed by atoms with Gasteiger partial charge in [0.2, 0.25) is 5.91 Å². The maximum atomic E-state index is 11.7. The summed E-state index contributed by atoms with van der Waals surface area (Å²) >= 11 is 0. The number of carbonyl (C=O) groups is 1. The van der Waals surface area contributed by atoms with Gasteiger partial charge in [-0.05, 0) is 43.9 Å². The van der Waals surface area contributed by atoms with Crippen molar-refractivity contribution in [3.63, 3.8) is 0 Å². The van der Waals surface area contributed by atoms with Crippen LogP contribution in [-0.4, -0.2) is 23.0 Å². The zero-order valence-electron chi connectivity index (χ0n) is 12.2.